The van der Waals surface area contributed by atoms with E-state index in [0.29, 0.717) is 28.5 Å². The van der Waals surface area contributed by atoms with Crippen molar-refractivity contribution in [1.29, 1.82) is 0 Å². The number of ether oxygens (including phenoxy) is 1. The van der Waals surface area contributed by atoms with Crippen LogP contribution in [-0.4, -0.2) is 22.2 Å². The van der Waals surface area contributed by atoms with Crippen LogP contribution in [0.15, 0.2) is 53.5 Å². The molecule has 2 aromatic carbocycles. The predicted octanol–water partition coefficient (Wildman–Crippen LogP) is 5.27. The Labute approximate surface area is 182 Å². The molecule has 0 saturated carbocycles. The molecule has 0 aliphatic heterocycles. The van der Waals surface area contributed by atoms with E-state index in [1.807, 2.05) is 6.92 Å². The average molecular weight is 452 g/mol. The van der Waals surface area contributed by atoms with E-state index in [0.717, 1.165) is 6.42 Å². The van der Waals surface area contributed by atoms with Gasteiger partial charge in [0.2, 0.25) is 0 Å². The van der Waals surface area contributed by atoms with Crippen molar-refractivity contribution in [2.45, 2.75) is 19.9 Å². The smallest absolute Gasteiger partial charge is 0.267 e. The van der Waals surface area contributed by atoms with Gasteiger partial charge in [-0.2, -0.15) is 5.10 Å². The third-order valence-corrected chi connectivity index (χ3v) is 4.94. The molecule has 3 aromatic rings. The van der Waals surface area contributed by atoms with Crippen molar-refractivity contribution in [1.82, 2.24) is 9.78 Å². The fourth-order valence-corrected chi connectivity index (χ4v) is 3.76. The number of benzene rings is 2. The van der Waals surface area contributed by atoms with Crippen LogP contribution in [0.3, 0.4) is 0 Å². The molecule has 0 radical (unpaired) electrons. The van der Waals surface area contributed by atoms with Crippen LogP contribution in [0, 0.1) is 0 Å². The summed E-state index contributed by atoms with van der Waals surface area (Å²) in [5.41, 5.74) is 0.917. The molecule has 1 aromatic heterocycles. The Hall–Kier alpha value is -2.34. The highest BCUT2D eigenvalue weighted by atomic mass is 35.5. The minimum absolute atomic E-state index is 0.155. The number of ketones is 1. The van der Waals surface area contributed by atoms with Gasteiger partial charge in [-0.05, 0) is 42.8 Å². The minimum atomic E-state index is -0.353. The van der Waals surface area contributed by atoms with Crippen molar-refractivity contribution >= 4 is 40.6 Å². The molecule has 0 saturated heterocycles. The molecular weight excluding hydrogens is 435 g/mol. The van der Waals surface area contributed by atoms with Crippen molar-refractivity contribution < 1.29 is 9.53 Å². The van der Waals surface area contributed by atoms with Crippen LogP contribution in [-0.2, 0) is 6.54 Å². The van der Waals surface area contributed by atoms with Gasteiger partial charge in [-0.15, -0.1) is 0 Å². The van der Waals surface area contributed by atoms with Crippen molar-refractivity contribution in [3.05, 3.63) is 90.8 Å². The van der Waals surface area contributed by atoms with Crippen molar-refractivity contribution in [3.8, 4) is 5.75 Å². The van der Waals surface area contributed by atoms with E-state index in [-0.39, 0.29) is 33.5 Å². The van der Waals surface area contributed by atoms with E-state index in [2.05, 4.69) is 5.10 Å². The summed E-state index contributed by atoms with van der Waals surface area (Å²) in [5, 5.41) is 4.75. The highest BCUT2D eigenvalue weighted by Gasteiger charge is 2.19. The Balaban J connectivity index is 2.04. The van der Waals surface area contributed by atoms with Gasteiger partial charge < -0.3 is 4.74 Å². The quantitative estimate of drug-likeness (QED) is 0.459. The summed E-state index contributed by atoms with van der Waals surface area (Å²) in [4.78, 5) is 25.1. The molecule has 0 unspecified atom stereocenters. The molecule has 0 fully saturated rings. The average Bonchev–Trinajstić information content (AvgIpc) is 2.67. The zero-order valence-corrected chi connectivity index (χ0v) is 17.8. The van der Waals surface area contributed by atoms with E-state index in [1.54, 1.807) is 24.3 Å². The molecule has 0 bridgehead atoms. The first-order valence-electron chi connectivity index (χ1n) is 8.87. The summed E-state index contributed by atoms with van der Waals surface area (Å²) in [6.07, 6.45) is 2.34. The maximum absolute atomic E-state index is 13.1. The van der Waals surface area contributed by atoms with Gasteiger partial charge in [-0.3, -0.25) is 9.59 Å². The third-order valence-electron chi connectivity index (χ3n) is 4.12. The summed E-state index contributed by atoms with van der Waals surface area (Å²) in [5.74, 6) is 0.225. The van der Waals surface area contributed by atoms with Gasteiger partial charge >= 0.3 is 0 Å². The molecule has 1 heterocycles. The topological polar surface area (TPSA) is 61.2 Å². The summed E-state index contributed by atoms with van der Waals surface area (Å²) in [6, 6.07) is 10.9. The largest absolute Gasteiger partial charge is 0.493 e. The van der Waals surface area contributed by atoms with Crippen molar-refractivity contribution in [3.63, 3.8) is 0 Å². The normalized spacial score (nSPS) is 10.8. The fraction of sp³-hybridized carbons (Fsp3) is 0.190. The summed E-state index contributed by atoms with van der Waals surface area (Å²) < 4.78 is 7.07. The SMILES string of the molecule is CCCOc1ccc(C(=O)c2c(Cl)cc(Cl)cc2Cl)cc1Cn1ncccc1=O. The van der Waals surface area contributed by atoms with E-state index in [9.17, 15) is 9.59 Å². The van der Waals surface area contributed by atoms with Gasteiger partial charge in [0.05, 0.1) is 28.8 Å². The Kier molecular flexibility index (Phi) is 6.96. The first-order chi connectivity index (χ1) is 13.9. The lowest BCUT2D eigenvalue weighted by Gasteiger charge is -2.14. The number of rotatable bonds is 7. The van der Waals surface area contributed by atoms with Crippen molar-refractivity contribution in [2.24, 2.45) is 0 Å². The standard InChI is InChI=1S/C21H17Cl3N2O3/c1-2-8-29-18-6-5-13(9-14(18)12-26-19(27)4-3-7-25-26)21(28)20-16(23)10-15(22)11-17(20)24/h3-7,9-11H,2,8,12H2,1H3. The second-order valence-electron chi connectivity index (χ2n) is 6.26. The maximum atomic E-state index is 13.1. The molecule has 0 atom stereocenters. The molecule has 5 nitrogen and oxygen atoms in total. The second-order valence-corrected chi connectivity index (χ2v) is 7.51. The molecule has 0 aliphatic rings. The molecule has 0 N–H and O–H groups in total. The fourth-order valence-electron chi connectivity index (χ4n) is 2.77. The Morgan fingerprint density at radius 3 is 2.48 bits per heavy atom. The molecule has 150 valence electrons. The molecule has 0 aliphatic carbocycles. The van der Waals surface area contributed by atoms with Crippen LogP contribution < -0.4 is 10.3 Å². The molecule has 0 amide bonds. The number of hydrogen-bond acceptors (Lipinski definition) is 4. The molecular formula is C21H17Cl3N2O3. The Morgan fingerprint density at radius 2 is 1.83 bits per heavy atom. The number of aromatic nitrogens is 2. The van der Waals surface area contributed by atoms with Gasteiger partial charge in [0, 0.05) is 28.4 Å². The minimum Gasteiger partial charge on any atom is -0.493 e. The van der Waals surface area contributed by atoms with Crippen LogP contribution in [0.25, 0.3) is 0 Å². The molecule has 29 heavy (non-hydrogen) atoms. The first kappa shape index (κ1) is 21.4. The van der Waals surface area contributed by atoms with Crippen LogP contribution >= 0.6 is 34.8 Å². The van der Waals surface area contributed by atoms with Crippen molar-refractivity contribution in [2.75, 3.05) is 6.61 Å². The molecule has 8 heteroatoms. The maximum Gasteiger partial charge on any atom is 0.267 e. The number of hydrogen-bond donors (Lipinski definition) is 0. The van der Waals surface area contributed by atoms with Gasteiger partial charge in [-0.25, -0.2) is 4.68 Å². The lowest BCUT2D eigenvalue weighted by molar-refractivity contribution is 0.103. The zero-order chi connectivity index (χ0) is 21.0. The molecule has 3 rings (SSSR count). The Bertz CT molecular complexity index is 1090. The van der Waals surface area contributed by atoms with Crippen LogP contribution in [0.1, 0.15) is 34.8 Å². The van der Waals surface area contributed by atoms with Crippen LogP contribution in [0.4, 0.5) is 0 Å². The lowest BCUT2D eigenvalue weighted by Crippen LogP contribution is -2.22. The third kappa shape index (κ3) is 4.99. The number of carbonyl (C=O) groups is 1. The monoisotopic (exact) mass is 450 g/mol. The zero-order valence-electron chi connectivity index (χ0n) is 15.5. The van der Waals surface area contributed by atoms with Gasteiger partial charge in [0.1, 0.15) is 5.75 Å². The lowest BCUT2D eigenvalue weighted by atomic mass is 10.0. The van der Waals surface area contributed by atoms with Gasteiger partial charge in [0.25, 0.3) is 5.56 Å². The highest BCUT2D eigenvalue weighted by molar-refractivity contribution is 6.43. The molecule has 0 spiro atoms. The van der Waals surface area contributed by atoms with E-state index in [4.69, 9.17) is 39.5 Å². The number of nitrogens with zero attached hydrogens (tertiary/aromatic N) is 2. The van der Waals surface area contributed by atoms with Gasteiger partial charge in [0.15, 0.2) is 5.78 Å². The van der Waals surface area contributed by atoms with Crippen LogP contribution in [0.2, 0.25) is 15.1 Å². The second kappa shape index (κ2) is 9.44. The number of halogens is 3. The van der Waals surface area contributed by atoms with Gasteiger partial charge in [-0.1, -0.05) is 41.7 Å². The Morgan fingerprint density at radius 1 is 1.10 bits per heavy atom. The van der Waals surface area contributed by atoms with E-state index in [1.165, 1.54) is 29.1 Å². The van der Waals surface area contributed by atoms with Crippen LogP contribution in [0.5, 0.6) is 5.75 Å². The van der Waals surface area contributed by atoms with E-state index < -0.39 is 0 Å². The summed E-state index contributed by atoms with van der Waals surface area (Å²) in [6.45, 7) is 2.65. The van der Waals surface area contributed by atoms with E-state index >= 15 is 0 Å². The number of carbonyl (C=O) groups excluding carboxylic acids is 1. The summed E-state index contributed by atoms with van der Waals surface area (Å²) >= 11 is 18.3. The predicted molar refractivity (Wildman–Crippen MR) is 115 cm³/mol. The highest BCUT2D eigenvalue weighted by Crippen LogP contribution is 2.32. The first-order valence-corrected chi connectivity index (χ1v) is 10.0. The summed E-state index contributed by atoms with van der Waals surface area (Å²) in [7, 11) is 0.